The molecule has 1 aromatic heterocycles. The van der Waals surface area contributed by atoms with Crippen LogP contribution in [0.3, 0.4) is 0 Å². The highest BCUT2D eigenvalue weighted by Crippen LogP contribution is 2.28. The number of fused-ring (bicyclic) bond motifs is 1. The molecule has 1 atom stereocenters. The number of nitrogens with one attached hydrogen (secondary N) is 1. The van der Waals surface area contributed by atoms with E-state index in [0.29, 0.717) is 31.9 Å². The van der Waals surface area contributed by atoms with Crippen LogP contribution in [-0.2, 0) is 0 Å². The van der Waals surface area contributed by atoms with Gasteiger partial charge in [0.25, 0.3) is 5.72 Å². The largest absolute Gasteiger partial charge is 0.487 e. The summed E-state index contributed by atoms with van der Waals surface area (Å²) < 4.78 is 6.90. The molecule has 1 aromatic carbocycles. The number of imidazole rings is 1. The first-order valence-electron chi connectivity index (χ1n) is 9.00. The van der Waals surface area contributed by atoms with Crippen LogP contribution in [0.5, 0.6) is 5.75 Å². The Kier molecular flexibility index (Phi) is 4.53. The second kappa shape index (κ2) is 7.04. The summed E-state index contributed by atoms with van der Waals surface area (Å²) in [6.07, 6.45) is 0.218. The number of carbonyl (C=O) groups is 1. The summed E-state index contributed by atoms with van der Waals surface area (Å²) in [6, 6.07) is 7.47. The van der Waals surface area contributed by atoms with E-state index in [1.807, 2.05) is 18.2 Å². The number of amides is 1. The first-order valence-corrected chi connectivity index (χ1v) is 9.00. The first kappa shape index (κ1) is 18.7. The Bertz CT molecular complexity index is 940. The van der Waals surface area contributed by atoms with Crippen molar-refractivity contribution in [3.63, 3.8) is 0 Å². The van der Waals surface area contributed by atoms with E-state index in [4.69, 9.17) is 14.7 Å². The van der Waals surface area contributed by atoms with E-state index in [-0.39, 0.29) is 18.4 Å². The maximum absolute atomic E-state index is 11.0. The molecule has 0 aliphatic carbocycles. The van der Waals surface area contributed by atoms with Crippen LogP contribution in [-0.4, -0.2) is 69.2 Å². The minimum atomic E-state index is -1.02. The zero-order chi connectivity index (χ0) is 20.6. The number of anilines is 2. The van der Waals surface area contributed by atoms with Gasteiger partial charge < -0.3 is 29.8 Å². The van der Waals surface area contributed by atoms with Gasteiger partial charge in [-0.25, -0.2) is 4.79 Å². The minimum absolute atomic E-state index is 0.0871. The Balaban J connectivity index is 1.38. The second-order valence-corrected chi connectivity index (χ2v) is 6.98. The van der Waals surface area contributed by atoms with Crippen molar-refractivity contribution in [3.05, 3.63) is 40.6 Å². The number of nitro groups is 1. The summed E-state index contributed by atoms with van der Waals surface area (Å²) in [6.45, 7) is 3.89. The lowest BCUT2D eigenvalue weighted by molar-refractivity contribution is -0.397. The van der Waals surface area contributed by atoms with Crippen molar-refractivity contribution in [1.29, 1.82) is 0 Å². The summed E-state index contributed by atoms with van der Waals surface area (Å²) in [5, 5.41) is 23.1. The summed E-state index contributed by atoms with van der Waals surface area (Å²) in [5.74, 6) is 0.584. The standard InChI is InChI=1S/C17H20N6O6/c1-17(19-15-18-10-14(23(26)27)22(15)29-17)11-28-13-4-2-3-12(9-13)20-5-7-21(8-6-20)16(24)25/h2-4,9-10H,5-8,11H2,1H3,(H,18,19)(H,24,25). The molecular weight excluding hydrogens is 384 g/mol. The van der Waals surface area contributed by atoms with Gasteiger partial charge in [-0.1, -0.05) is 6.07 Å². The molecule has 0 bridgehead atoms. The van der Waals surface area contributed by atoms with Crippen molar-refractivity contribution >= 4 is 23.5 Å². The zero-order valence-corrected chi connectivity index (χ0v) is 15.6. The lowest BCUT2D eigenvalue weighted by Gasteiger charge is -2.34. The van der Waals surface area contributed by atoms with E-state index in [9.17, 15) is 14.9 Å². The predicted molar refractivity (Wildman–Crippen MR) is 101 cm³/mol. The summed E-state index contributed by atoms with van der Waals surface area (Å²) in [5.41, 5.74) is -0.0844. The number of benzene rings is 1. The smallest absolute Gasteiger partial charge is 0.407 e. The van der Waals surface area contributed by atoms with Gasteiger partial charge in [-0.05, 0) is 17.1 Å². The van der Waals surface area contributed by atoms with Gasteiger partial charge in [0.15, 0.2) is 6.61 Å². The fraction of sp³-hybridized carbons (Fsp3) is 0.412. The van der Waals surface area contributed by atoms with Crippen molar-refractivity contribution in [1.82, 2.24) is 14.6 Å². The van der Waals surface area contributed by atoms with Crippen molar-refractivity contribution in [2.45, 2.75) is 12.6 Å². The highest BCUT2D eigenvalue weighted by Gasteiger charge is 2.44. The van der Waals surface area contributed by atoms with Gasteiger partial charge in [0.1, 0.15) is 11.9 Å². The average molecular weight is 404 g/mol. The lowest BCUT2D eigenvalue weighted by Crippen LogP contribution is -2.48. The summed E-state index contributed by atoms with van der Waals surface area (Å²) >= 11 is 0. The number of piperazine rings is 1. The third kappa shape index (κ3) is 3.68. The minimum Gasteiger partial charge on any atom is -0.487 e. The van der Waals surface area contributed by atoms with E-state index in [1.54, 1.807) is 13.0 Å². The Morgan fingerprint density at radius 1 is 1.41 bits per heavy atom. The molecule has 154 valence electrons. The number of nitrogens with zero attached hydrogens (tertiary/aromatic N) is 5. The predicted octanol–water partition coefficient (Wildman–Crippen LogP) is 1.24. The van der Waals surface area contributed by atoms with Gasteiger partial charge >= 0.3 is 17.9 Å². The topological polar surface area (TPSA) is 135 Å². The summed E-state index contributed by atoms with van der Waals surface area (Å²) in [4.78, 5) is 34.6. The third-order valence-corrected chi connectivity index (χ3v) is 4.81. The zero-order valence-electron chi connectivity index (χ0n) is 15.6. The Labute approximate surface area is 165 Å². The van der Waals surface area contributed by atoms with Crippen LogP contribution in [0.1, 0.15) is 6.92 Å². The van der Waals surface area contributed by atoms with Crippen molar-refractivity contribution in [3.8, 4) is 5.75 Å². The Morgan fingerprint density at radius 2 is 2.17 bits per heavy atom. The number of hydrogen-bond donors (Lipinski definition) is 2. The van der Waals surface area contributed by atoms with E-state index in [1.165, 1.54) is 4.90 Å². The molecule has 1 unspecified atom stereocenters. The third-order valence-electron chi connectivity index (χ3n) is 4.81. The van der Waals surface area contributed by atoms with Gasteiger partial charge in [0.05, 0.1) is 0 Å². The summed E-state index contributed by atoms with van der Waals surface area (Å²) in [7, 11) is 0. The molecular formula is C17H20N6O6. The molecule has 3 heterocycles. The van der Waals surface area contributed by atoms with Gasteiger partial charge in [0, 0.05) is 49.6 Å². The molecule has 0 radical (unpaired) electrons. The highest BCUT2D eigenvalue weighted by molar-refractivity contribution is 5.65. The molecule has 2 aromatic rings. The van der Waals surface area contributed by atoms with Gasteiger partial charge in [-0.3, -0.25) is 10.2 Å². The maximum Gasteiger partial charge on any atom is 0.407 e. The number of carboxylic acid groups (broad SMARTS) is 1. The highest BCUT2D eigenvalue weighted by atomic mass is 16.7. The van der Waals surface area contributed by atoms with Crippen molar-refractivity contribution in [2.75, 3.05) is 43.0 Å². The fourth-order valence-corrected chi connectivity index (χ4v) is 3.30. The SMILES string of the molecule is CC1(COc2cccc(N3CCN(C(=O)O)CC3)c2)Nc2ncc([N+](=O)[O-])n2O1. The van der Waals surface area contributed by atoms with E-state index >= 15 is 0 Å². The number of aromatic nitrogens is 2. The van der Waals surface area contributed by atoms with E-state index < -0.39 is 16.7 Å². The molecule has 29 heavy (non-hydrogen) atoms. The van der Waals surface area contributed by atoms with Crippen LogP contribution in [0, 0.1) is 10.1 Å². The molecule has 0 spiro atoms. The molecule has 4 rings (SSSR count). The molecule has 2 aliphatic heterocycles. The average Bonchev–Trinajstić information content (AvgIpc) is 3.23. The van der Waals surface area contributed by atoms with Crippen LogP contribution in [0.4, 0.5) is 22.2 Å². The van der Waals surface area contributed by atoms with E-state index in [2.05, 4.69) is 15.2 Å². The number of hydrogen-bond acceptors (Lipinski definition) is 8. The Morgan fingerprint density at radius 3 is 2.86 bits per heavy atom. The molecule has 12 nitrogen and oxygen atoms in total. The molecule has 12 heteroatoms. The van der Waals surface area contributed by atoms with Gasteiger partial charge in [-0.15, -0.1) is 0 Å². The quantitative estimate of drug-likeness (QED) is 0.557. The second-order valence-electron chi connectivity index (χ2n) is 6.98. The van der Waals surface area contributed by atoms with Crippen LogP contribution in [0.25, 0.3) is 0 Å². The number of rotatable bonds is 5. The van der Waals surface area contributed by atoms with Crippen molar-refractivity contribution in [2.24, 2.45) is 0 Å². The first-order chi connectivity index (χ1) is 13.8. The van der Waals surface area contributed by atoms with Crippen LogP contribution in [0.15, 0.2) is 30.5 Å². The Hall–Kier alpha value is -3.70. The van der Waals surface area contributed by atoms with E-state index in [0.717, 1.165) is 16.6 Å². The molecule has 0 saturated carbocycles. The maximum atomic E-state index is 11.0. The van der Waals surface area contributed by atoms with Crippen LogP contribution in [0.2, 0.25) is 0 Å². The lowest BCUT2D eigenvalue weighted by atomic mass is 10.2. The van der Waals surface area contributed by atoms with Gasteiger partial charge in [-0.2, -0.15) is 4.98 Å². The molecule has 1 saturated heterocycles. The van der Waals surface area contributed by atoms with Crippen LogP contribution < -0.4 is 19.8 Å². The fourth-order valence-electron chi connectivity index (χ4n) is 3.30. The molecule has 2 N–H and O–H groups in total. The molecule has 2 aliphatic rings. The van der Waals surface area contributed by atoms with Crippen LogP contribution >= 0.6 is 0 Å². The normalized spacial score (nSPS) is 20.6. The van der Waals surface area contributed by atoms with Crippen molar-refractivity contribution < 1.29 is 24.4 Å². The molecule has 1 amide bonds. The van der Waals surface area contributed by atoms with Gasteiger partial charge in [0.2, 0.25) is 0 Å². The number of ether oxygens (including phenoxy) is 1. The molecule has 1 fully saturated rings. The monoisotopic (exact) mass is 404 g/mol.